The van der Waals surface area contributed by atoms with Gasteiger partial charge in [-0.05, 0) is 23.8 Å². The van der Waals surface area contributed by atoms with Gasteiger partial charge in [-0.25, -0.2) is 13.1 Å². The van der Waals surface area contributed by atoms with Crippen molar-refractivity contribution in [1.82, 2.24) is 24.2 Å². The van der Waals surface area contributed by atoms with Crippen molar-refractivity contribution in [2.45, 2.75) is 6.54 Å². The Morgan fingerprint density at radius 1 is 0.966 bits per heavy atom. The molecule has 0 N–H and O–H groups in total. The van der Waals surface area contributed by atoms with Gasteiger partial charge in [-0.15, -0.1) is 5.10 Å². The zero-order chi connectivity index (χ0) is 20.3. The molecule has 1 fully saturated rings. The first-order chi connectivity index (χ1) is 14.0. The van der Waals surface area contributed by atoms with E-state index in [1.54, 1.807) is 15.7 Å². The van der Waals surface area contributed by atoms with E-state index >= 15 is 0 Å². The van der Waals surface area contributed by atoms with Crippen LogP contribution in [0.3, 0.4) is 0 Å². The van der Waals surface area contributed by atoms with Gasteiger partial charge < -0.3 is 4.90 Å². The monoisotopic (exact) mass is 411 g/mol. The van der Waals surface area contributed by atoms with Crippen molar-refractivity contribution in [3.05, 3.63) is 65.6 Å². The van der Waals surface area contributed by atoms with Crippen LogP contribution in [0.2, 0.25) is 0 Å². The van der Waals surface area contributed by atoms with Crippen LogP contribution in [0.5, 0.6) is 0 Å². The first-order valence-electron chi connectivity index (χ1n) is 9.32. The molecule has 8 nitrogen and oxygen atoms in total. The van der Waals surface area contributed by atoms with E-state index in [9.17, 15) is 13.2 Å². The predicted octanol–water partition coefficient (Wildman–Crippen LogP) is 1.58. The number of carbonyl (C=O) groups excluding carboxylic acids is 1. The summed E-state index contributed by atoms with van der Waals surface area (Å²) in [6.07, 6.45) is 1.59. The van der Waals surface area contributed by atoms with Crippen molar-refractivity contribution >= 4 is 33.0 Å². The lowest BCUT2D eigenvalue weighted by molar-refractivity contribution is -0.133. The molecule has 29 heavy (non-hydrogen) atoms. The highest BCUT2D eigenvalue weighted by atomic mass is 32.2. The minimum Gasteiger partial charge on any atom is -0.338 e. The van der Waals surface area contributed by atoms with Crippen LogP contribution in [0.15, 0.2) is 60.0 Å². The molecule has 2 aromatic carbocycles. The number of rotatable bonds is 5. The molecule has 4 rings (SSSR count). The molecule has 0 aliphatic carbocycles. The maximum atomic E-state index is 12.6. The molecule has 0 unspecified atom stereocenters. The highest BCUT2D eigenvalue weighted by molar-refractivity contribution is 7.92. The Kier molecular flexibility index (Phi) is 5.41. The molecule has 1 aliphatic heterocycles. The van der Waals surface area contributed by atoms with E-state index in [1.807, 2.05) is 54.6 Å². The molecular formula is C20H21N5O3S. The zero-order valence-corrected chi connectivity index (χ0v) is 16.6. The van der Waals surface area contributed by atoms with Crippen molar-refractivity contribution < 1.29 is 13.2 Å². The fourth-order valence-corrected chi connectivity index (χ4v) is 4.44. The second-order valence-electron chi connectivity index (χ2n) is 6.77. The first kappa shape index (κ1) is 19.3. The van der Waals surface area contributed by atoms with E-state index < -0.39 is 10.0 Å². The third-order valence-corrected chi connectivity index (χ3v) is 6.45. The zero-order valence-electron chi connectivity index (χ0n) is 15.8. The van der Waals surface area contributed by atoms with Crippen molar-refractivity contribution in [1.29, 1.82) is 0 Å². The Morgan fingerprint density at radius 2 is 1.66 bits per heavy atom. The van der Waals surface area contributed by atoms with Gasteiger partial charge in [0.1, 0.15) is 12.1 Å². The van der Waals surface area contributed by atoms with Gasteiger partial charge in [-0.3, -0.25) is 4.79 Å². The average Bonchev–Trinajstić information content (AvgIpc) is 3.16. The first-order valence-corrected chi connectivity index (χ1v) is 10.8. The second kappa shape index (κ2) is 8.14. The lowest BCUT2D eigenvalue weighted by atomic mass is 10.2. The van der Waals surface area contributed by atoms with Crippen molar-refractivity contribution in [3.8, 4) is 0 Å². The van der Waals surface area contributed by atoms with Gasteiger partial charge in [-0.1, -0.05) is 47.7 Å². The summed E-state index contributed by atoms with van der Waals surface area (Å²) in [4.78, 5) is 14.3. The summed E-state index contributed by atoms with van der Waals surface area (Å²) in [7, 11) is -3.52. The van der Waals surface area contributed by atoms with Crippen molar-refractivity contribution in [2.75, 3.05) is 26.2 Å². The number of hydrogen-bond donors (Lipinski definition) is 0. The molecule has 2 heterocycles. The lowest BCUT2D eigenvalue weighted by Crippen LogP contribution is -2.50. The van der Waals surface area contributed by atoms with Crippen LogP contribution in [0.1, 0.15) is 5.56 Å². The number of aromatic nitrogens is 3. The van der Waals surface area contributed by atoms with Gasteiger partial charge >= 0.3 is 0 Å². The van der Waals surface area contributed by atoms with E-state index in [2.05, 4.69) is 10.3 Å². The Hall–Kier alpha value is -3.04. The summed E-state index contributed by atoms with van der Waals surface area (Å²) in [5.74, 6) is -0.0995. The predicted molar refractivity (Wildman–Crippen MR) is 110 cm³/mol. The van der Waals surface area contributed by atoms with Crippen molar-refractivity contribution in [2.24, 2.45) is 0 Å². The largest absolute Gasteiger partial charge is 0.338 e. The van der Waals surface area contributed by atoms with E-state index in [4.69, 9.17) is 0 Å². The van der Waals surface area contributed by atoms with E-state index in [1.165, 1.54) is 9.71 Å². The van der Waals surface area contributed by atoms with E-state index in [0.717, 1.165) is 16.6 Å². The van der Waals surface area contributed by atoms with E-state index in [0.29, 0.717) is 13.1 Å². The van der Waals surface area contributed by atoms with Crippen LogP contribution >= 0.6 is 0 Å². The topological polar surface area (TPSA) is 88.4 Å². The smallest absolute Gasteiger partial charge is 0.244 e. The highest BCUT2D eigenvalue weighted by Crippen LogP contribution is 2.13. The van der Waals surface area contributed by atoms with Crippen LogP contribution in [0.4, 0.5) is 0 Å². The Bertz CT molecular complexity index is 1130. The lowest BCUT2D eigenvalue weighted by Gasteiger charge is -2.33. The molecule has 1 amide bonds. The Balaban J connectivity index is 1.36. The van der Waals surface area contributed by atoms with Crippen LogP contribution in [-0.4, -0.2) is 64.7 Å². The summed E-state index contributed by atoms with van der Waals surface area (Å²) in [6.45, 7) is 1.32. The molecule has 0 radical (unpaired) electrons. The standard InChI is InChI=1S/C20H21N5O3S/c26-20(16-25-19-9-5-4-8-18(19)21-22-25)23-11-13-24(14-12-23)29(27,28)15-10-17-6-2-1-3-7-17/h1-10,15H,11-14,16H2/b15-10+. The maximum Gasteiger partial charge on any atom is 0.244 e. The molecule has 1 aliphatic rings. The van der Waals surface area contributed by atoms with Crippen LogP contribution in [0, 0.1) is 0 Å². The minimum absolute atomic E-state index is 0.0845. The summed E-state index contributed by atoms with van der Waals surface area (Å²) in [6, 6.07) is 16.7. The van der Waals surface area contributed by atoms with Crippen LogP contribution in [0.25, 0.3) is 17.1 Å². The highest BCUT2D eigenvalue weighted by Gasteiger charge is 2.27. The molecule has 0 bridgehead atoms. The number of sulfonamides is 1. The maximum absolute atomic E-state index is 12.6. The van der Waals surface area contributed by atoms with Gasteiger partial charge in [-0.2, -0.15) is 4.31 Å². The second-order valence-corrected chi connectivity index (χ2v) is 8.59. The molecule has 0 spiro atoms. The molecule has 0 atom stereocenters. The molecule has 0 saturated carbocycles. The number of para-hydroxylation sites is 1. The number of nitrogens with zero attached hydrogens (tertiary/aromatic N) is 5. The SMILES string of the molecule is O=C(Cn1nnc2ccccc21)N1CCN(S(=O)(=O)/C=C/c2ccccc2)CC1. The van der Waals surface area contributed by atoms with Gasteiger partial charge in [0.15, 0.2) is 0 Å². The molecule has 1 saturated heterocycles. The van der Waals surface area contributed by atoms with Crippen LogP contribution in [-0.2, 0) is 21.4 Å². The Labute approximate surface area is 169 Å². The van der Waals surface area contributed by atoms with Crippen molar-refractivity contribution in [3.63, 3.8) is 0 Å². The summed E-state index contributed by atoms with van der Waals surface area (Å²) >= 11 is 0. The molecule has 150 valence electrons. The fourth-order valence-electron chi connectivity index (χ4n) is 3.27. The summed E-state index contributed by atoms with van der Waals surface area (Å²) in [5.41, 5.74) is 2.36. The van der Waals surface area contributed by atoms with Gasteiger partial charge in [0.05, 0.1) is 5.52 Å². The quantitative estimate of drug-likeness (QED) is 0.636. The number of benzene rings is 2. The summed E-state index contributed by atoms with van der Waals surface area (Å²) in [5, 5.41) is 9.32. The Morgan fingerprint density at radius 3 is 2.41 bits per heavy atom. The fraction of sp³-hybridized carbons (Fsp3) is 0.250. The minimum atomic E-state index is -3.52. The molecular weight excluding hydrogens is 390 g/mol. The number of carbonyl (C=O) groups is 1. The van der Waals surface area contributed by atoms with Crippen LogP contribution < -0.4 is 0 Å². The van der Waals surface area contributed by atoms with Gasteiger partial charge in [0.25, 0.3) is 0 Å². The third kappa shape index (κ3) is 4.36. The number of piperazine rings is 1. The summed E-state index contributed by atoms with van der Waals surface area (Å²) < 4.78 is 28.1. The molecule has 9 heteroatoms. The number of hydrogen-bond acceptors (Lipinski definition) is 5. The van der Waals surface area contributed by atoms with Gasteiger partial charge in [0.2, 0.25) is 15.9 Å². The molecule has 1 aromatic heterocycles. The molecule has 3 aromatic rings. The van der Waals surface area contributed by atoms with Gasteiger partial charge in [0, 0.05) is 31.6 Å². The number of amides is 1. The third-order valence-electron chi connectivity index (χ3n) is 4.89. The number of fused-ring (bicyclic) bond motifs is 1. The van der Waals surface area contributed by atoms with E-state index in [-0.39, 0.29) is 25.5 Å². The average molecular weight is 411 g/mol. The normalized spacial score (nSPS) is 15.9.